The maximum absolute atomic E-state index is 12.4. The first-order chi connectivity index (χ1) is 11.0. The highest BCUT2D eigenvalue weighted by molar-refractivity contribution is 8.00. The lowest BCUT2D eigenvalue weighted by Gasteiger charge is -2.13. The van der Waals surface area contributed by atoms with Gasteiger partial charge in [0.1, 0.15) is 10.6 Å². The van der Waals surface area contributed by atoms with E-state index in [-0.39, 0.29) is 11.2 Å². The summed E-state index contributed by atoms with van der Waals surface area (Å²) in [5.41, 5.74) is 7.78. The smallest absolute Gasteiger partial charge is 0.237 e. The fraction of sp³-hybridized carbons (Fsp3) is 0.188. The summed E-state index contributed by atoms with van der Waals surface area (Å²) in [5.74, 6) is 0.364. The third-order valence-corrected chi connectivity index (χ3v) is 5.16. The molecule has 7 heteroatoms. The summed E-state index contributed by atoms with van der Waals surface area (Å²) in [6.45, 7) is 3.79. The van der Waals surface area contributed by atoms with Crippen molar-refractivity contribution in [1.82, 2.24) is 9.97 Å². The second kappa shape index (κ2) is 6.55. The van der Waals surface area contributed by atoms with E-state index in [1.54, 1.807) is 0 Å². The number of aromatic nitrogens is 2. The topological polar surface area (TPSA) is 80.9 Å². The van der Waals surface area contributed by atoms with E-state index in [0.717, 1.165) is 21.5 Å². The van der Waals surface area contributed by atoms with Crippen molar-refractivity contribution in [3.8, 4) is 0 Å². The van der Waals surface area contributed by atoms with Crippen LogP contribution in [0.25, 0.3) is 10.2 Å². The summed E-state index contributed by atoms with van der Waals surface area (Å²) < 4.78 is 0. The molecule has 0 saturated carbocycles. The van der Waals surface area contributed by atoms with Gasteiger partial charge in [-0.3, -0.25) is 4.79 Å². The molecule has 0 saturated heterocycles. The molecule has 2 aromatic heterocycles. The first-order valence-electron chi connectivity index (χ1n) is 7.08. The van der Waals surface area contributed by atoms with Gasteiger partial charge in [0, 0.05) is 5.69 Å². The first-order valence-corrected chi connectivity index (χ1v) is 8.84. The summed E-state index contributed by atoms with van der Waals surface area (Å²) in [4.78, 5) is 21.9. The molecule has 23 heavy (non-hydrogen) atoms. The Kier molecular flexibility index (Phi) is 4.49. The maximum Gasteiger partial charge on any atom is 0.237 e. The van der Waals surface area contributed by atoms with E-state index in [0.29, 0.717) is 11.0 Å². The van der Waals surface area contributed by atoms with Crippen LogP contribution in [0.1, 0.15) is 12.5 Å². The van der Waals surface area contributed by atoms with Crippen LogP contribution in [0.2, 0.25) is 0 Å². The summed E-state index contributed by atoms with van der Waals surface area (Å²) in [7, 11) is 0. The Bertz CT molecular complexity index is 862. The largest absolute Gasteiger partial charge is 0.383 e. The Labute approximate surface area is 142 Å². The van der Waals surface area contributed by atoms with Crippen LogP contribution >= 0.6 is 23.1 Å². The number of para-hydroxylation sites is 1. The van der Waals surface area contributed by atoms with E-state index in [1.165, 1.54) is 23.1 Å². The van der Waals surface area contributed by atoms with Crippen molar-refractivity contribution in [1.29, 1.82) is 0 Å². The van der Waals surface area contributed by atoms with Gasteiger partial charge >= 0.3 is 0 Å². The molecular formula is C16H16N4OS2. The minimum atomic E-state index is -0.327. The highest BCUT2D eigenvalue weighted by Gasteiger charge is 2.18. The number of anilines is 2. The minimum absolute atomic E-state index is 0.0854. The highest BCUT2D eigenvalue weighted by atomic mass is 32.2. The molecule has 118 valence electrons. The number of rotatable bonds is 4. The number of benzene rings is 1. The number of nitrogens with zero attached hydrogens (tertiary/aromatic N) is 2. The predicted octanol–water partition coefficient (Wildman–Crippen LogP) is 3.70. The van der Waals surface area contributed by atoms with Crippen molar-refractivity contribution in [2.75, 3.05) is 11.1 Å². The van der Waals surface area contributed by atoms with Crippen LogP contribution in [0, 0.1) is 6.92 Å². The molecule has 0 aliphatic heterocycles. The molecule has 0 bridgehead atoms. The average Bonchev–Trinajstić information content (AvgIpc) is 2.98. The zero-order valence-corrected chi connectivity index (χ0v) is 14.4. The number of aryl methyl sites for hydroxylation is 1. The van der Waals surface area contributed by atoms with Gasteiger partial charge in [-0.1, -0.05) is 30.0 Å². The van der Waals surface area contributed by atoms with Crippen LogP contribution in [0.15, 0.2) is 40.9 Å². The van der Waals surface area contributed by atoms with E-state index >= 15 is 0 Å². The third kappa shape index (κ3) is 3.46. The van der Waals surface area contributed by atoms with Crippen molar-refractivity contribution >= 4 is 50.7 Å². The summed E-state index contributed by atoms with van der Waals surface area (Å²) in [6, 6.07) is 9.59. The number of hydrogen-bond donors (Lipinski definition) is 2. The predicted molar refractivity (Wildman–Crippen MR) is 97.0 cm³/mol. The quantitative estimate of drug-likeness (QED) is 0.557. The molecule has 0 aliphatic carbocycles. The maximum atomic E-state index is 12.4. The zero-order valence-electron chi connectivity index (χ0n) is 12.7. The fourth-order valence-corrected chi connectivity index (χ4v) is 3.68. The molecular weight excluding hydrogens is 328 g/mol. The number of carbonyl (C=O) groups is 1. The summed E-state index contributed by atoms with van der Waals surface area (Å²) in [5, 5.41) is 5.91. The number of fused-ring (bicyclic) bond motifs is 1. The van der Waals surface area contributed by atoms with Gasteiger partial charge in [0.05, 0.1) is 10.6 Å². The number of hydrogen-bond acceptors (Lipinski definition) is 6. The van der Waals surface area contributed by atoms with E-state index in [9.17, 15) is 4.79 Å². The van der Waals surface area contributed by atoms with Gasteiger partial charge in [-0.2, -0.15) is 0 Å². The minimum Gasteiger partial charge on any atom is -0.383 e. The van der Waals surface area contributed by atoms with Crippen LogP contribution in [-0.4, -0.2) is 21.1 Å². The van der Waals surface area contributed by atoms with Crippen molar-refractivity contribution in [2.45, 2.75) is 24.3 Å². The molecule has 0 unspecified atom stereocenters. The Balaban J connectivity index is 1.73. The lowest BCUT2D eigenvalue weighted by Crippen LogP contribution is -2.23. The Morgan fingerprint density at radius 3 is 2.87 bits per heavy atom. The van der Waals surface area contributed by atoms with Gasteiger partial charge in [-0.15, -0.1) is 11.3 Å². The van der Waals surface area contributed by atoms with Gasteiger partial charge in [0.15, 0.2) is 5.16 Å². The van der Waals surface area contributed by atoms with Gasteiger partial charge in [0.25, 0.3) is 0 Å². The third-order valence-electron chi connectivity index (χ3n) is 3.39. The normalized spacial score (nSPS) is 12.3. The SMILES string of the molecule is Cc1ccccc1NC(=O)[C@@H](C)Sc1nc(N)c2ccsc2n1. The van der Waals surface area contributed by atoms with E-state index in [4.69, 9.17) is 5.73 Å². The van der Waals surface area contributed by atoms with Crippen molar-refractivity contribution in [3.63, 3.8) is 0 Å². The first kappa shape index (κ1) is 15.8. The number of thioether (sulfide) groups is 1. The highest BCUT2D eigenvalue weighted by Crippen LogP contribution is 2.28. The van der Waals surface area contributed by atoms with Crippen LogP contribution < -0.4 is 11.1 Å². The number of amides is 1. The van der Waals surface area contributed by atoms with Crippen LogP contribution in [0.4, 0.5) is 11.5 Å². The molecule has 1 amide bonds. The van der Waals surface area contributed by atoms with Gasteiger partial charge in [-0.05, 0) is 36.9 Å². The lowest BCUT2D eigenvalue weighted by atomic mass is 10.2. The van der Waals surface area contributed by atoms with Crippen LogP contribution in [-0.2, 0) is 4.79 Å². The molecule has 2 heterocycles. The summed E-state index contributed by atoms with van der Waals surface area (Å²) >= 11 is 2.81. The molecule has 0 radical (unpaired) electrons. The second-order valence-corrected chi connectivity index (χ2v) is 7.30. The molecule has 3 N–H and O–H groups in total. The molecule has 0 spiro atoms. The van der Waals surface area contributed by atoms with Crippen LogP contribution in [0.3, 0.4) is 0 Å². The van der Waals surface area contributed by atoms with Crippen molar-refractivity contribution < 1.29 is 4.79 Å². The van der Waals surface area contributed by atoms with Crippen molar-refractivity contribution in [2.24, 2.45) is 0 Å². The lowest BCUT2D eigenvalue weighted by molar-refractivity contribution is -0.115. The molecule has 3 aromatic rings. The van der Waals surface area contributed by atoms with Crippen LogP contribution in [0.5, 0.6) is 0 Å². The molecule has 0 fully saturated rings. The van der Waals surface area contributed by atoms with E-state index in [2.05, 4.69) is 15.3 Å². The Hall–Kier alpha value is -2.12. The summed E-state index contributed by atoms with van der Waals surface area (Å²) in [6.07, 6.45) is 0. The molecule has 5 nitrogen and oxygen atoms in total. The Morgan fingerprint density at radius 2 is 2.09 bits per heavy atom. The fourth-order valence-electron chi connectivity index (χ4n) is 2.07. The number of nitrogen functional groups attached to an aromatic ring is 1. The molecule has 0 aliphatic rings. The van der Waals surface area contributed by atoms with Gasteiger partial charge in [0.2, 0.25) is 5.91 Å². The number of carbonyl (C=O) groups excluding carboxylic acids is 1. The number of nitrogens with one attached hydrogen (secondary N) is 1. The van der Waals surface area contributed by atoms with E-state index < -0.39 is 0 Å². The van der Waals surface area contributed by atoms with Gasteiger partial charge in [-0.25, -0.2) is 9.97 Å². The van der Waals surface area contributed by atoms with Crippen molar-refractivity contribution in [3.05, 3.63) is 41.3 Å². The molecule has 3 rings (SSSR count). The standard InChI is InChI=1S/C16H16N4OS2/c1-9-5-3-4-6-12(9)18-14(21)10(2)23-16-19-13(17)11-7-8-22-15(11)20-16/h3-8,10H,1-2H3,(H,18,21)(H2,17,19,20)/t10-/m1/s1. The number of nitrogens with two attached hydrogens (primary N) is 1. The number of thiophene rings is 1. The Morgan fingerprint density at radius 1 is 1.30 bits per heavy atom. The zero-order chi connectivity index (χ0) is 16.4. The van der Waals surface area contributed by atoms with Gasteiger partial charge < -0.3 is 11.1 Å². The average molecular weight is 344 g/mol. The van der Waals surface area contributed by atoms with E-state index in [1.807, 2.05) is 49.6 Å². The molecule has 1 aromatic carbocycles. The molecule has 1 atom stereocenters. The second-order valence-electron chi connectivity index (χ2n) is 5.10. The monoisotopic (exact) mass is 344 g/mol.